The summed E-state index contributed by atoms with van der Waals surface area (Å²) >= 11 is 0. The number of nitrogens with zero attached hydrogens (tertiary/aromatic N) is 2. The predicted molar refractivity (Wildman–Crippen MR) is 72.5 cm³/mol. The number of hydrogen-bond acceptors (Lipinski definition) is 3. The number of aromatic nitrogens is 1. The number of pyridine rings is 1. The molecule has 0 spiro atoms. The number of hydrogen-bond donors (Lipinski definition) is 0. The van der Waals surface area contributed by atoms with Crippen LogP contribution in [0.5, 0.6) is 0 Å². The molecule has 0 radical (unpaired) electrons. The van der Waals surface area contributed by atoms with Crippen molar-refractivity contribution in [3.05, 3.63) is 24.5 Å². The smallest absolute Gasteiger partial charge is 0.105 e. The molecule has 2 atom stereocenters. The average Bonchev–Trinajstić information content (AvgIpc) is 2.76. The molecule has 1 fully saturated rings. The molecule has 0 aromatic carbocycles. The first-order valence-corrected chi connectivity index (χ1v) is 7.29. The van der Waals surface area contributed by atoms with Crippen LogP contribution in [0.25, 0.3) is 0 Å². The minimum atomic E-state index is -0.845. The molecule has 94 valence electrons. The van der Waals surface area contributed by atoms with Crippen molar-refractivity contribution in [3.8, 4) is 0 Å². The fourth-order valence-corrected chi connectivity index (χ4v) is 3.84. The third-order valence-corrected chi connectivity index (χ3v) is 5.22. The highest BCUT2D eigenvalue weighted by Gasteiger charge is 2.35. The van der Waals surface area contributed by atoms with Crippen molar-refractivity contribution in [3.63, 3.8) is 0 Å². The van der Waals surface area contributed by atoms with Crippen LogP contribution in [0.4, 0.5) is 5.69 Å². The Kier molecular flexibility index (Phi) is 3.52. The van der Waals surface area contributed by atoms with Crippen molar-refractivity contribution in [2.45, 2.75) is 43.7 Å². The van der Waals surface area contributed by atoms with Gasteiger partial charge in [0.25, 0.3) is 0 Å². The molecule has 0 aliphatic carbocycles. The van der Waals surface area contributed by atoms with Crippen LogP contribution in [-0.4, -0.2) is 25.9 Å². The molecule has 1 saturated heterocycles. The lowest BCUT2D eigenvalue weighted by molar-refractivity contribution is 0.632. The highest BCUT2D eigenvalue weighted by molar-refractivity contribution is 7.87. The van der Waals surface area contributed by atoms with E-state index in [1.165, 1.54) is 0 Å². The van der Waals surface area contributed by atoms with Gasteiger partial charge in [0, 0.05) is 28.3 Å². The predicted octanol–water partition coefficient (Wildman–Crippen LogP) is 2.56. The average molecular weight is 252 g/mol. The van der Waals surface area contributed by atoms with Crippen LogP contribution in [0.15, 0.2) is 24.5 Å². The number of anilines is 1. The van der Waals surface area contributed by atoms with Gasteiger partial charge in [-0.1, -0.05) is 0 Å². The molecule has 1 aromatic heterocycles. The Bertz CT molecular complexity index is 400. The molecule has 3 nitrogen and oxygen atoms in total. The van der Waals surface area contributed by atoms with Gasteiger partial charge in [0.05, 0.1) is 11.9 Å². The highest BCUT2D eigenvalue weighted by atomic mass is 32.2. The maximum absolute atomic E-state index is 12.5. The molecule has 0 saturated carbocycles. The summed E-state index contributed by atoms with van der Waals surface area (Å²) in [5.74, 6) is 0. The first kappa shape index (κ1) is 12.6. The van der Waals surface area contributed by atoms with E-state index >= 15 is 0 Å². The number of rotatable bonds is 2. The maximum Gasteiger partial charge on any atom is 0.105 e. The van der Waals surface area contributed by atoms with E-state index in [2.05, 4.69) is 9.88 Å². The SMILES string of the molecule is CC(C)(C)[S@@](=O)[C@@H]1CCCN1c1cccnc1. The summed E-state index contributed by atoms with van der Waals surface area (Å²) in [6.07, 6.45) is 5.76. The normalized spacial score (nSPS) is 22.8. The summed E-state index contributed by atoms with van der Waals surface area (Å²) in [6, 6.07) is 3.98. The van der Waals surface area contributed by atoms with Gasteiger partial charge < -0.3 is 4.90 Å². The summed E-state index contributed by atoms with van der Waals surface area (Å²) in [6.45, 7) is 7.12. The van der Waals surface area contributed by atoms with Crippen LogP contribution in [0.1, 0.15) is 33.6 Å². The van der Waals surface area contributed by atoms with Gasteiger partial charge in [-0.15, -0.1) is 0 Å². The van der Waals surface area contributed by atoms with Crippen molar-refractivity contribution >= 4 is 16.5 Å². The van der Waals surface area contributed by atoms with Crippen molar-refractivity contribution in [1.29, 1.82) is 0 Å². The lowest BCUT2D eigenvalue weighted by Gasteiger charge is -2.31. The van der Waals surface area contributed by atoms with Crippen LogP contribution < -0.4 is 4.90 Å². The van der Waals surface area contributed by atoms with Gasteiger partial charge in [-0.25, -0.2) is 0 Å². The summed E-state index contributed by atoms with van der Waals surface area (Å²) in [7, 11) is -0.845. The van der Waals surface area contributed by atoms with E-state index in [0.717, 1.165) is 25.1 Å². The van der Waals surface area contributed by atoms with E-state index in [1.54, 1.807) is 6.20 Å². The van der Waals surface area contributed by atoms with E-state index in [1.807, 2.05) is 39.1 Å². The maximum atomic E-state index is 12.5. The first-order chi connectivity index (χ1) is 8.00. The van der Waals surface area contributed by atoms with Crippen molar-refractivity contribution in [1.82, 2.24) is 4.98 Å². The Hall–Kier alpha value is -0.900. The second-order valence-electron chi connectivity index (χ2n) is 5.41. The zero-order valence-corrected chi connectivity index (χ0v) is 11.5. The molecule has 17 heavy (non-hydrogen) atoms. The summed E-state index contributed by atoms with van der Waals surface area (Å²) in [5.41, 5.74) is 1.09. The molecule has 2 rings (SSSR count). The lowest BCUT2D eigenvalue weighted by Crippen LogP contribution is -2.40. The quantitative estimate of drug-likeness (QED) is 0.811. The van der Waals surface area contributed by atoms with Crippen LogP contribution in [-0.2, 0) is 10.8 Å². The standard InChI is InChI=1S/C13H20N2OS/c1-13(2,3)17(16)12-7-5-9-15(12)11-6-4-8-14-10-11/h4,6,8,10,12H,5,7,9H2,1-3H3/t12-,17+/m1/s1. The Morgan fingerprint density at radius 3 is 2.82 bits per heavy atom. The molecular formula is C13H20N2OS. The van der Waals surface area contributed by atoms with Gasteiger partial charge >= 0.3 is 0 Å². The Balaban J connectivity index is 2.22. The van der Waals surface area contributed by atoms with Gasteiger partial charge in [-0.05, 0) is 45.7 Å². The van der Waals surface area contributed by atoms with E-state index in [-0.39, 0.29) is 10.1 Å². The van der Waals surface area contributed by atoms with Crippen molar-refractivity contribution in [2.75, 3.05) is 11.4 Å². The second-order valence-corrected chi connectivity index (χ2v) is 7.77. The Morgan fingerprint density at radius 2 is 2.24 bits per heavy atom. The Labute approximate surface area is 106 Å². The summed E-state index contributed by atoms with van der Waals surface area (Å²) < 4.78 is 12.3. The molecule has 0 unspecified atom stereocenters. The van der Waals surface area contributed by atoms with Crippen LogP contribution in [0.2, 0.25) is 0 Å². The lowest BCUT2D eigenvalue weighted by atomic mass is 10.3. The highest BCUT2D eigenvalue weighted by Crippen LogP contribution is 2.30. The van der Waals surface area contributed by atoms with Crippen LogP contribution in [0.3, 0.4) is 0 Å². The van der Waals surface area contributed by atoms with E-state index in [9.17, 15) is 4.21 Å². The van der Waals surface area contributed by atoms with Crippen LogP contribution >= 0.6 is 0 Å². The zero-order valence-electron chi connectivity index (χ0n) is 10.7. The molecule has 0 amide bonds. The molecule has 2 heterocycles. The second kappa shape index (κ2) is 4.77. The van der Waals surface area contributed by atoms with E-state index in [4.69, 9.17) is 0 Å². The van der Waals surface area contributed by atoms with Gasteiger partial charge in [-0.2, -0.15) is 0 Å². The zero-order chi connectivity index (χ0) is 12.5. The van der Waals surface area contributed by atoms with E-state index < -0.39 is 10.8 Å². The fraction of sp³-hybridized carbons (Fsp3) is 0.615. The third-order valence-electron chi connectivity index (χ3n) is 3.03. The largest absolute Gasteiger partial charge is 0.356 e. The molecule has 1 aliphatic rings. The van der Waals surface area contributed by atoms with E-state index in [0.29, 0.717) is 0 Å². The van der Waals surface area contributed by atoms with Crippen molar-refractivity contribution in [2.24, 2.45) is 0 Å². The van der Waals surface area contributed by atoms with Gasteiger partial charge in [0.1, 0.15) is 5.37 Å². The van der Waals surface area contributed by atoms with Gasteiger partial charge in [-0.3, -0.25) is 9.19 Å². The molecule has 0 N–H and O–H groups in total. The topological polar surface area (TPSA) is 33.2 Å². The van der Waals surface area contributed by atoms with Gasteiger partial charge in [0.15, 0.2) is 0 Å². The van der Waals surface area contributed by atoms with Crippen LogP contribution in [0, 0.1) is 0 Å². The summed E-state index contributed by atoms with van der Waals surface area (Å²) in [4.78, 5) is 6.39. The Morgan fingerprint density at radius 1 is 1.47 bits per heavy atom. The molecule has 4 heteroatoms. The van der Waals surface area contributed by atoms with Gasteiger partial charge in [0.2, 0.25) is 0 Å². The first-order valence-electron chi connectivity index (χ1n) is 6.07. The van der Waals surface area contributed by atoms with Crippen molar-refractivity contribution < 1.29 is 4.21 Å². The monoisotopic (exact) mass is 252 g/mol. The molecule has 0 bridgehead atoms. The molecule has 1 aromatic rings. The third kappa shape index (κ3) is 2.68. The molecular weight excluding hydrogens is 232 g/mol. The fourth-order valence-electron chi connectivity index (χ4n) is 2.19. The minimum absolute atomic E-state index is 0.138. The summed E-state index contributed by atoms with van der Waals surface area (Å²) in [5, 5.41) is 0.138. The minimum Gasteiger partial charge on any atom is -0.356 e. The molecule has 1 aliphatic heterocycles.